The van der Waals surface area contributed by atoms with E-state index in [4.69, 9.17) is 0 Å². The van der Waals surface area contributed by atoms with Crippen LogP contribution in [-0.4, -0.2) is 5.11 Å². The number of aromatic hydroxyl groups is 1. The van der Waals surface area contributed by atoms with Crippen LogP contribution in [0.2, 0.25) is 0 Å². The minimum Gasteiger partial charge on any atom is -0.507 e. The van der Waals surface area contributed by atoms with Crippen LogP contribution in [0.4, 0.5) is 0 Å². The Labute approximate surface area is 99.5 Å². The molecule has 1 N–H and O–H groups in total. The molecule has 1 aromatic rings. The molecule has 16 heavy (non-hydrogen) atoms. The van der Waals surface area contributed by atoms with Crippen LogP contribution < -0.4 is 0 Å². The van der Waals surface area contributed by atoms with Gasteiger partial charge in [-0.25, -0.2) is 0 Å². The lowest BCUT2D eigenvalue weighted by Crippen LogP contribution is -2.14. The molecule has 0 aliphatic heterocycles. The molecule has 0 aliphatic rings. The SMILES string of the molecule is CC(C)(C)Cc1cccc(C(C)(C)C)c1O. The van der Waals surface area contributed by atoms with Crippen LogP contribution in [0.25, 0.3) is 0 Å². The summed E-state index contributed by atoms with van der Waals surface area (Å²) in [5.74, 6) is 0.477. The molecule has 0 amide bonds. The zero-order valence-electron chi connectivity index (χ0n) is 11.4. The van der Waals surface area contributed by atoms with Crippen LogP contribution in [0.1, 0.15) is 52.7 Å². The number of hydrogen-bond donors (Lipinski definition) is 1. The molecule has 0 unspecified atom stereocenters. The first-order chi connectivity index (χ1) is 7.11. The Balaban J connectivity index is 3.15. The molecule has 1 rings (SSSR count). The van der Waals surface area contributed by atoms with E-state index in [0.29, 0.717) is 5.75 Å². The molecular formula is C15H24O. The third-order valence-electron chi connectivity index (χ3n) is 2.65. The van der Waals surface area contributed by atoms with Gasteiger partial charge < -0.3 is 5.11 Å². The summed E-state index contributed by atoms with van der Waals surface area (Å²) in [5, 5.41) is 10.3. The lowest BCUT2D eigenvalue weighted by molar-refractivity contribution is 0.388. The molecule has 0 radical (unpaired) electrons. The van der Waals surface area contributed by atoms with Gasteiger partial charge in [-0.05, 0) is 28.4 Å². The van der Waals surface area contributed by atoms with Crippen LogP contribution in [-0.2, 0) is 11.8 Å². The lowest BCUT2D eigenvalue weighted by Gasteiger charge is -2.24. The van der Waals surface area contributed by atoms with E-state index < -0.39 is 0 Å². The molecule has 0 bridgehead atoms. The van der Waals surface area contributed by atoms with Crippen molar-refractivity contribution >= 4 is 0 Å². The number of para-hydroxylation sites is 1. The number of phenolic OH excluding ortho intramolecular Hbond substituents is 1. The predicted octanol–water partition coefficient (Wildman–Crippen LogP) is 4.28. The summed E-state index contributed by atoms with van der Waals surface area (Å²) in [7, 11) is 0. The van der Waals surface area contributed by atoms with E-state index in [9.17, 15) is 5.11 Å². The molecule has 0 heterocycles. The van der Waals surface area contributed by atoms with Crippen LogP contribution in [0.5, 0.6) is 5.75 Å². The molecule has 0 aliphatic carbocycles. The van der Waals surface area contributed by atoms with Gasteiger partial charge in [0.25, 0.3) is 0 Å². The molecular weight excluding hydrogens is 196 g/mol. The van der Waals surface area contributed by atoms with Gasteiger partial charge in [-0.1, -0.05) is 59.7 Å². The summed E-state index contributed by atoms with van der Waals surface area (Å²) in [6, 6.07) is 6.08. The van der Waals surface area contributed by atoms with E-state index in [1.807, 2.05) is 18.2 Å². The maximum Gasteiger partial charge on any atom is 0.122 e. The van der Waals surface area contributed by atoms with Crippen molar-refractivity contribution in [1.82, 2.24) is 0 Å². The summed E-state index contributed by atoms with van der Waals surface area (Å²) in [4.78, 5) is 0. The normalized spacial score (nSPS) is 12.9. The predicted molar refractivity (Wildman–Crippen MR) is 70.0 cm³/mol. The molecule has 0 saturated carbocycles. The van der Waals surface area contributed by atoms with Crippen molar-refractivity contribution in [3.8, 4) is 5.75 Å². The maximum atomic E-state index is 10.3. The first kappa shape index (κ1) is 13.1. The summed E-state index contributed by atoms with van der Waals surface area (Å²) in [6.45, 7) is 13.0. The average Bonchev–Trinajstić information content (AvgIpc) is 2.04. The Morgan fingerprint density at radius 2 is 1.56 bits per heavy atom. The first-order valence-corrected chi connectivity index (χ1v) is 5.92. The fourth-order valence-corrected chi connectivity index (χ4v) is 1.91. The number of benzene rings is 1. The quantitative estimate of drug-likeness (QED) is 0.749. The van der Waals surface area contributed by atoms with E-state index in [2.05, 4.69) is 41.5 Å². The van der Waals surface area contributed by atoms with Crippen LogP contribution in [0, 0.1) is 5.41 Å². The highest BCUT2D eigenvalue weighted by atomic mass is 16.3. The van der Waals surface area contributed by atoms with Crippen molar-refractivity contribution < 1.29 is 5.11 Å². The van der Waals surface area contributed by atoms with Crippen molar-refractivity contribution in [2.24, 2.45) is 5.41 Å². The zero-order valence-corrected chi connectivity index (χ0v) is 11.4. The minimum absolute atomic E-state index is 0.00201. The summed E-state index contributed by atoms with van der Waals surface area (Å²) < 4.78 is 0. The van der Waals surface area contributed by atoms with Crippen molar-refractivity contribution in [2.45, 2.75) is 53.4 Å². The third-order valence-corrected chi connectivity index (χ3v) is 2.65. The molecule has 1 heteroatoms. The molecule has 0 saturated heterocycles. The van der Waals surface area contributed by atoms with Gasteiger partial charge in [0, 0.05) is 0 Å². The minimum atomic E-state index is -0.00201. The Bertz CT molecular complexity index is 364. The van der Waals surface area contributed by atoms with E-state index in [-0.39, 0.29) is 10.8 Å². The summed E-state index contributed by atoms with van der Waals surface area (Å²) in [6.07, 6.45) is 0.906. The smallest absolute Gasteiger partial charge is 0.122 e. The fraction of sp³-hybridized carbons (Fsp3) is 0.600. The molecule has 0 aromatic heterocycles. The Hall–Kier alpha value is -0.980. The van der Waals surface area contributed by atoms with Gasteiger partial charge in [0.2, 0.25) is 0 Å². The molecule has 0 fully saturated rings. The van der Waals surface area contributed by atoms with Gasteiger partial charge in [-0.15, -0.1) is 0 Å². The highest BCUT2D eigenvalue weighted by molar-refractivity contribution is 5.44. The summed E-state index contributed by atoms with van der Waals surface area (Å²) >= 11 is 0. The summed E-state index contributed by atoms with van der Waals surface area (Å²) in [5.41, 5.74) is 2.29. The molecule has 0 atom stereocenters. The van der Waals surface area contributed by atoms with Gasteiger partial charge in [0.05, 0.1) is 0 Å². The first-order valence-electron chi connectivity index (χ1n) is 5.92. The van der Waals surface area contributed by atoms with E-state index in [1.165, 1.54) is 0 Å². The second kappa shape index (κ2) is 4.12. The Morgan fingerprint density at radius 1 is 1.00 bits per heavy atom. The van der Waals surface area contributed by atoms with Crippen LogP contribution in [0.3, 0.4) is 0 Å². The van der Waals surface area contributed by atoms with Crippen LogP contribution >= 0.6 is 0 Å². The lowest BCUT2D eigenvalue weighted by atomic mass is 9.82. The average molecular weight is 220 g/mol. The van der Waals surface area contributed by atoms with Crippen molar-refractivity contribution in [2.75, 3.05) is 0 Å². The maximum absolute atomic E-state index is 10.3. The monoisotopic (exact) mass is 220 g/mol. The number of rotatable bonds is 1. The van der Waals surface area contributed by atoms with E-state index >= 15 is 0 Å². The highest BCUT2D eigenvalue weighted by Gasteiger charge is 2.21. The Morgan fingerprint density at radius 3 is 2.00 bits per heavy atom. The van der Waals surface area contributed by atoms with Gasteiger partial charge >= 0.3 is 0 Å². The largest absolute Gasteiger partial charge is 0.507 e. The molecule has 90 valence electrons. The van der Waals surface area contributed by atoms with Gasteiger partial charge in [-0.3, -0.25) is 0 Å². The second-order valence-electron chi connectivity index (χ2n) is 6.80. The van der Waals surface area contributed by atoms with Crippen LogP contribution in [0.15, 0.2) is 18.2 Å². The molecule has 0 spiro atoms. The molecule has 1 nitrogen and oxygen atoms in total. The fourth-order valence-electron chi connectivity index (χ4n) is 1.91. The van der Waals surface area contributed by atoms with Gasteiger partial charge in [-0.2, -0.15) is 0 Å². The topological polar surface area (TPSA) is 20.2 Å². The van der Waals surface area contributed by atoms with Crippen molar-refractivity contribution in [3.05, 3.63) is 29.3 Å². The second-order valence-corrected chi connectivity index (χ2v) is 6.80. The third kappa shape index (κ3) is 3.26. The Kier molecular flexibility index (Phi) is 3.37. The number of hydrogen-bond acceptors (Lipinski definition) is 1. The zero-order chi connectivity index (χ0) is 12.6. The number of phenols is 1. The van der Waals surface area contributed by atoms with Crippen molar-refractivity contribution in [1.29, 1.82) is 0 Å². The van der Waals surface area contributed by atoms with E-state index in [0.717, 1.165) is 17.5 Å². The van der Waals surface area contributed by atoms with Gasteiger partial charge in [0.1, 0.15) is 5.75 Å². The van der Waals surface area contributed by atoms with E-state index in [1.54, 1.807) is 0 Å². The highest BCUT2D eigenvalue weighted by Crippen LogP contribution is 2.35. The molecule has 1 aromatic carbocycles. The standard InChI is InChI=1S/C15H24O/c1-14(2,3)10-11-8-7-9-12(13(11)16)15(4,5)6/h7-9,16H,10H2,1-6H3. The van der Waals surface area contributed by atoms with Crippen molar-refractivity contribution in [3.63, 3.8) is 0 Å². The van der Waals surface area contributed by atoms with Gasteiger partial charge in [0.15, 0.2) is 0 Å².